The van der Waals surface area contributed by atoms with E-state index in [0.29, 0.717) is 30.0 Å². The van der Waals surface area contributed by atoms with Crippen molar-refractivity contribution in [1.29, 1.82) is 0 Å². The summed E-state index contributed by atoms with van der Waals surface area (Å²) in [5.41, 5.74) is 6.55. The summed E-state index contributed by atoms with van der Waals surface area (Å²) >= 11 is 6.95. The number of nitrogens with zero attached hydrogens (tertiary/aromatic N) is 2. The predicted octanol–water partition coefficient (Wildman–Crippen LogP) is 5.32. The molecule has 0 spiro atoms. The number of thioether (sulfide) groups is 1. The molecule has 1 fully saturated rings. The number of thiocarbonyl (C=S) groups is 1. The van der Waals surface area contributed by atoms with E-state index in [-0.39, 0.29) is 6.09 Å². The number of allylic oxidation sites excluding steroid dienone is 4. The van der Waals surface area contributed by atoms with E-state index in [4.69, 9.17) is 27.4 Å². The van der Waals surface area contributed by atoms with Crippen LogP contribution in [0.1, 0.15) is 72.6 Å². The molecule has 1 amide bonds. The zero-order valence-corrected chi connectivity index (χ0v) is 22.2. The largest absolute Gasteiger partial charge is 0.496 e. The highest BCUT2D eigenvalue weighted by molar-refractivity contribution is 8.13. The molecule has 0 aromatic rings. The summed E-state index contributed by atoms with van der Waals surface area (Å²) in [5, 5.41) is 4.09. The van der Waals surface area contributed by atoms with Crippen molar-refractivity contribution in [3.05, 3.63) is 23.6 Å². The molecule has 0 heterocycles. The molecule has 0 aromatic heterocycles. The average molecular weight is 497 g/mol. The number of ether oxygens (including phenoxy) is 2. The van der Waals surface area contributed by atoms with Gasteiger partial charge in [0.25, 0.3) is 0 Å². The van der Waals surface area contributed by atoms with E-state index in [1.54, 1.807) is 16.7 Å². The predicted molar refractivity (Wildman–Crippen MR) is 141 cm³/mol. The van der Waals surface area contributed by atoms with Gasteiger partial charge in [-0.05, 0) is 77.2 Å². The molecule has 0 saturated heterocycles. The van der Waals surface area contributed by atoms with Crippen molar-refractivity contribution in [1.82, 2.24) is 10.2 Å². The van der Waals surface area contributed by atoms with Gasteiger partial charge >= 0.3 is 6.09 Å². The third kappa shape index (κ3) is 11.3. The Labute approximate surface area is 208 Å². The minimum atomic E-state index is -0.505. The molecular weight excluding hydrogens is 456 g/mol. The first kappa shape index (κ1) is 27.5. The fourth-order valence-electron chi connectivity index (χ4n) is 3.69. The lowest BCUT2D eigenvalue weighted by molar-refractivity contribution is 0.0216. The van der Waals surface area contributed by atoms with Crippen molar-refractivity contribution in [2.45, 2.75) is 78.2 Å². The number of hydrogen-bond donors (Lipinski definition) is 2. The Balaban J connectivity index is 1.72. The molecule has 9 heteroatoms. The van der Waals surface area contributed by atoms with Gasteiger partial charge in [-0.3, -0.25) is 0 Å². The van der Waals surface area contributed by atoms with Gasteiger partial charge in [0, 0.05) is 24.4 Å². The van der Waals surface area contributed by atoms with Crippen molar-refractivity contribution in [2.75, 3.05) is 25.4 Å². The van der Waals surface area contributed by atoms with Crippen LogP contribution >= 0.6 is 24.0 Å². The molecule has 0 aromatic carbocycles. The van der Waals surface area contributed by atoms with Crippen LogP contribution in [0.3, 0.4) is 0 Å². The summed E-state index contributed by atoms with van der Waals surface area (Å²) in [5.74, 6) is 2.66. The van der Waals surface area contributed by atoms with Crippen LogP contribution in [-0.4, -0.2) is 52.3 Å². The maximum Gasteiger partial charge on any atom is 0.410 e. The van der Waals surface area contributed by atoms with Crippen molar-refractivity contribution >= 4 is 40.4 Å². The monoisotopic (exact) mass is 496 g/mol. The van der Waals surface area contributed by atoms with Crippen LogP contribution in [0.2, 0.25) is 0 Å². The van der Waals surface area contributed by atoms with Crippen LogP contribution in [0.4, 0.5) is 4.79 Å². The number of amides is 1. The third-order valence-electron chi connectivity index (χ3n) is 5.46. The SMILES string of the molecule is CCN(CCOC1=CC=C(NC(=S)N=C(N)SCC2CCCCC2)CC1)C(=O)OC(C)(C)C. The molecule has 2 aliphatic rings. The smallest absolute Gasteiger partial charge is 0.410 e. The van der Waals surface area contributed by atoms with Gasteiger partial charge in [0.2, 0.25) is 0 Å². The van der Waals surface area contributed by atoms with Crippen LogP contribution < -0.4 is 11.1 Å². The van der Waals surface area contributed by atoms with Gasteiger partial charge in [0.05, 0.1) is 12.3 Å². The number of hydrogen-bond acceptors (Lipinski definition) is 5. The molecule has 0 bridgehead atoms. The zero-order chi connectivity index (χ0) is 24.3. The number of aliphatic imine (C=N–C) groups is 1. The summed E-state index contributed by atoms with van der Waals surface area (Å²) in [4.78, 5) is 18.2. The zero-order valence-electron chi connectivity index (χ0n) is 20.5. The van der Waals surface area contributed by atoms with Crippen LogP contribution in [0, 0.1) is 5.92 Å². The number of nitrogens with one attached hydrogen (secondary N) is 1. The van der Waals surface area contributed by atoms with Crippen molar-refractivity contribution < 1.29 is 14.3 Å². The lowest BCUT2D eigenvalue weighted by atomic mass is 9.91. The van der Waals surface area contributed by atoms with Crippen molar-refractivity contribution in [3.8, 4) is 0 Å². The number of carbonyl (C=O) groups is 1. The first-order valence-corrected chi connectivity index (χ1v) is 13.3. The summed E-state index contributed by atoms with van der Waals surface area (Å²) in [6.45, 7) is 8.99. The first-order chi connectivity index (χ1) is 15.7. The molecule has 33 heavy (non-hydrogen) atoms. The fraction of sp³-hybridized carbons (Fsp3) is 0.708. The molecule has 2 aliphatic carbocycles. The van der Waals surface area contributed by atoms with Gasteiger partial charge in [0.15, 0.2) is 10.3 Å². The summed E-state index contributed by atoms with van der Waals surface area (Å²) in [6.07, 6.45) is 11.7. The van der Waals surface area contributed by atoms with Gasteiger partial charge in [-0.25, -0.2) is 4.79 Å². The van der Waals surface area contributed by atoms with E-state index >= 15 is 0 Å². The maximum atomic E-state index is 12.2. The maximum absolute atomic E-state index is 12.2. The molecule has 2 rings (SSSR count). The molecule has 1 saturated carbocycles. The lowest BCUT2D eigenvalue weighted by Crippen LogP contribution is -2.38. The van der Waals surface area contributed by atoms with Gasteiger partial charge in [-0.1, -0.05) is 31.0 Å². The van der Waals surface area contributed by atoms with Gasteiger partial charge in [0.1, 0.15) is 12.2 Å². The van der Waals surface area contributed by atoms with E-state index in [1.807, 2.05) is 39.8 Å². The van der Waals surface area contributed by atoms with Crippen LogP contribution in [0.5, 0.6) is 0 Å². The van der Waals surface area contributed by atoms with E-state index in [2.05, 4.69) is 10.3 Å². The number of rotatable bonds is 8. The highest BCUT2D eigenvalue weighted by Crippen LogP contribution is 2.26. The number of likely N-dealkylation sites (N-methyl/N-ethyl adjacent to an activating group) is 1. The fourth-order valence-corrected chi connectivity index (χ4v) is 4.87. The molecule has 0 unspecified atom stereocenters. The number of nitrogens with two attached hydrogens (primary N) is 1. The van der Waals surface area contributed by atoms with Gasteiger partial charge < -0.3 is 25.4 Å². The molecule has 186 valence electrons. The van der Waals surface area contributed by atoms with Crippen LogP contribution in [-0.2, 0) is 9.47 Å². The van der Waals surface area contributed by atoms with E-state index in [9.17, 15) is 4.79 Å². The summed E-state index contributed by atoms with van der Waals surface area (Å²) < 4.78 is 11.3. The Hall–Kier alpha value is -1.74. The van der Waals surface area contributed by atoms with E-state index in [0.717, 1.165) is 36.0 Å². The third-order valence-corrected chi connectivity index (χ3v) is 6.68. The standard InChI is InChI=1S/C24H40N4O3S2/c1-5-28(23(29)31-24(2,3)4)15-16-30-20-13-11-19(12-14-20)26-22(32)27-21(25)33-17-18-9-7-6-8-10-18/h11,13,18H,5-10,12,14-17H2,1-4H3,(H3,25,26,27,32). The topological polar surface area (TPSA) is 89.2 Å². The molecule has 7 nitrogen and oxygen atoms in total. The quantitative estimate of drug-likeness (QED) is 0.267. The summed E-state index contributed by atoms with van der Waals surface area (Å²) in [6, 6.07) is 0. The second-order valence-corrected chi connectivity index (χ2v) is 10.9. The minimum absolute atomic E-state index is 0.317. The van der Waals surface area contributed by atoms with Gasteiger partial charge in [-0.15, -0.1) is 0 Å². The second kappa shape index (κ2) is 13.8. The average Bonchev–Trinajstić information content (AvgIpc) is 2.76. The molecule has 0 aliphatic heterocycles. The normalized spacial score (nSPS) is 17.6. The van der Waals surface area contributed by atoms with Crippen LogP contribution in [0.15, 0.2) is 28.6 Å². The lowest BCUT2D eigenvalue weighted by Gasteiger charge is -2.26. The number of amidine groups is 1. The van der Waals surface area contributed by atoms with Crippen molar-refractivity contribution in [3.63, 3.8) is 0 Å². The van der Waals surface area contributed by atoms with E-state index < -0.39 is 5.60 Å². The Morgan fingerprint density at radius 3 is 2.61 bits per heavy atom. The first-order valence-electron chi connectivity index (χ1n) is 11.9. The molecular formula is C24H40N4O3S2. The molecule has 3 N–H and O–H groups in total. The Morgan fingerprint density at radius 1 is 1.27 bits per heavy atom. The number of carbonyl (C=O) groups excluding carboxylic acids is 1. The minimum Gasteiger partial charge on any atom is -0.496 e. The molecule has 0 radical (unpaired) electrons. The Kier molecular flexibility index (Phi) is 11.5. The van der Waals surface area contributed by atoms with E-state index in [1.165, 1.54) is 32.1 Å². The Bertz CT molecular complexity index is 753. The highest BCUT2D eigenvalue weighted by atomic mass is 32.2. The molecule has 0 atom stereocenters. The highest BCUT2D eigenvalue weighted by Gasteiger charge is 2.21. The van der Waals surface area contributed by atoms with Gasteiger partial charge in [-0.2, -0.15) is 4.99 Å². The second-order valence-electron chi connectivity index (χ2n) is 9.43. The van der Waals surface area contributed by atoms with Crippen LogP contribution in [0.25, 0.3) is 0 Å². The Morgan fingerprint density at radius 2 is 2.00 bits per heavy atom. The summed E-state index contributed by atoms with van der Waals surface area (Å²) in [7, 11) is 0. The van der Waals surface area contributed by atoms with Crippen molar-refractivity contribution in [2.24, 2.45) is 16.6 Å².